The summed E-state index contributed by atoms with van der Waals surface area (Å²) < 4.78 is 31.8. The molecule has 5 rings (SSSR count). The zero-order valence-corrected chi connectivity index (χ0v) is 21.7. The van der Waals surface area contributed by atoms with Crippen LogP contribution in [0.15, 0.2) is 91.0 Å². The van der Waals surface area contributed by atoms with Gasteiger partial charge in [-0.1, -0.05) is 36.4 Å². The second-order valence-electron chi connectivity index (χ2n) is 9.08. The van der Waals surface area contributed by atoms with Gasteiger partial charge in [0.15, 0.2) is 11.5 Å². The normalized spacial score (nSPS) is 16.3. The maximum absolute atomic E-state index is 15.1. The summed E-state index contributed by atoms with van der Waals surface area (Å²) in [4.78, 5) is 28.8. The topological polar surface area (TPSA) is 77.1 Å². The van der Waals surface area contributed by atoms with E-state index in [2.05, 4.69) is 5.32 Å². The number of rotatable bonds is 7. The number of hydrogen-bond donors (Lipinski definition) is 1. The quantitative estimate of drug-likeness (QED) is 0.311. The molecule has 198 valence electrons. The zero-order valence-electron chi connectivity index (χ0n) is 21.7. The number of carbonyl (C=O) groups is 2. The Kier molecular flexibility index (Phi) is 7.19. The highest BCUT2D eigenvalue weighted by molar-refractivity contribution is 6.05. The number of methoxy groups -OCH3 is 2. The van der Waals surface area contributed by atoms with Gasteiger partial charge in [-0.3, -0.25) is 9.59 Å². The van der Waals surface area contributed by atoms with Crippen LogP contribution in [-0.4, -0.2) is 38.0 Å². The number of halogens is 1. The number of hydrogen-bond acceptors (Lipinski definition) is 5. The van der Waals surface area contributed by atoms with Crippen molar-refractivity contribution in [1.82, 2.24) is 4.90 Å². The van der Waals surface area contributed by atoms with E-state index in [1.54, 1.807) is 61.6 Å². The van der Waals surface area contributed by atoms with Crippen LogP contribution >= 0.6 is 0 Å². The number of ether oxygens (including phenoxy) is 3. The maximum Gasteiger partial charge on any atom is 0.254 e. The highest BCUT2D eigenvalue weighted by Crippen LogP contribution is 2.46. The molecular weight excluding hydrogens is 499 g/mol. The molecule has 0 fully saturated rings. The van der Waals surface area contributed by atoms with Crippen molar-refractivity contribution in [2.24, 2.45) is 0 Å². The van der Waals surface area contributed by atoms with Gasteiger partial charge in [0.05, 0.1) is 26.2 Å². The summed E-state index contributed by atoms with van der Waals surface area (Å²) in [5, 5.41) is 2.94. The van der Waals surface area contributed by atoms with Crippen molar-refractivity contribution in [3.63, 3.8) is 0 Å². The Bertz CT molecular complexity index is 1510. The third kappa shape index (κ3) is 5.01. The molecule has 1 N–H and O–H groups in total. The highest BCUT2D eigenvalue weighted by atomic mass is 19.1. The molecule has 4 aromatic rings. The third-order valence-corrected chi connectivity index (χ3v) is 6.78. The lowest BCUT2D eigenvalue weighted by Gasteiger charge is -2.40. The van der Waals surface area contributed by atoms with E-state index in [-0.39, 0.29) is 17.0 Å². The van der Waals surface area contributed by atoms with Gasteiger partial charge in [-0.25, -0.2) is 4.39 Å². The van der Waals surface area contributed by atoms with Crippen molar-refractivity contribution in [1.29, 1.82) is 0 Å². The lowest BCUT2D eigenvalue weighted by Crippen LogP contribution is -2.44. The average Bonchev–Trinajstić information content (AvgIpc) is 2.96. The number of nitrogens with one attached hydrogen (secondary N) is 1. The second-order valence-corrected chi connectivity index (χ2v) is 9.08. The standard InChI is InChI=1S/C31H27FN2O5/c1-34-29(22-11-7-8-12-25(22)32)28(23-17-26(37-2)27(38-3)18-24(23)31(34)36)30(35)33-19-13-15-21(16-14-19)39-20-9-5-4-6-10-20/h4-18,28-29H,1-3H3,(H,33,35)/t28-,29-/m1/s1. The Morgan fingerprint density at radius 1 is 0.821 bits per heavy atom. The lowest BCUT2D eigenvalue weighted by atomic mass is 9.79. The van der Waals surface area contributed by atoms with Crippen LogP contribution in [-0.2, 0) is 4.79 Å². The van der Waals surface area contributed by atoms with E-state index < -0.39 is 23.7 Å². The molecular formula is C31H27FN2O5. The Labute approximate surface area is 225 Å². The molecule has 0 aliphatic carbocycles. The van der Waals surface area contributed by atoms with E-state index in [0.29, 0.717) is 34.2 Å². The van der Waals surface area contributed by atoms with Crippen LogP contribution in [0, 0.1) is 5.82 Å². The molecule has 0 aromatic heterocycles. The van der Waals surface area contributed by atoms with Gasteiger partial charge in [0.2, 0.25) is 5.91 Å². The fourth-order valence-electron chi connectivity index (χ4n) is 4.89. The summed E-state index contributed by atoms with van der Waals surface area (Å²) in [5.41, 5.74) is 1.47. The average molecular weight is 527 g/mol. The van der Waals surface area contributed by atoms with E-state index >= 15 is 4.39 Å². The van der Waals surface area contributed by atoms with E-state index in [9.17, 15) is 9.59 Å². The first kappa shape index (κ1) is 25.8. The Hall–Kier alpha value is -4.85. The highest BCUT2D eigenvalue weighted by Gasteiger charge is 2.44. The molecule has 0 unspecified atom stereocenters. The molecule has 1 aliphatic rings. The number of carbonyl (C=O) groups excluding carboxylic acids is 2. The minimum absolute atomic E-state index is 0.237. The molecule has 2 amide bonds. The van der Waals surface area contributed by atoms with Crippen LogP contribution in [0.3, 0.4) is 0 Å². The fourth-order valence-corrected chi connectivity index (χ4v) is 4.89. The van der Waals surface area contributed by atoms with Crippen LogP contribution < -0.4 is 19.5 Å². The van der Waals surface area contributed by atoms with Crippen molar-refractivity contribution in [2.45, 2.75) is 12.0 Å². The number of anilines is 1. The zero-order chi connectivity index (χ0) is 27.5. The molecule has 1 aliphatic heterocycles. The summed E-state index contributed by atoms with van der Waals surface area (Å²) in [6.07, 6.45) is 0. The Morgan fingerprint density at radius 3 is 2.10 bits per heavy atom. The van der Waals surface area contributed by atoms with E-state index in [1.807, 2.05) is 30.3 Å². The number of fused-ring (bicyclic) bond motifs is 1. The van der Waals surface area contributed by atoms with Gasteiger partial charge in [0, 0.05) is 23.9 Å². The van der Waals surface area contributed by atoms with Crippen molar-refractivity contribution >= 4 is 17.5 Å². The van der Waals surface area contributed by atoms with Crippen molar-refractivity contribution < 1.29 is 28.2 Å². The van der Waals surface area contributed by atoms with Crippen LogP contribution in [0.25, 0.3) is 0 Å². The number of likely N-dealkylation sites (N-methyl/N-ethyl adjacent to an activating group) is 1. The Morgan fingerprint density at radius 2 is 1.44 bits per heavy atom. The van der Waals surface area contributed by atoms with Gasteiger partial charge in [-0.05, 0) is 60.2 Å². The molecule has 0 saturated heterocycles. The molecule has 4 aromatic carbocycles. The number of amides is 2. The number of para-hydroxylation sites is 1. The van der Waals surface area contributed by atoms with Crippen molar-refractivity contribution in [3.8, 4) is 23.0 Å². The molecule has 1 heterocycles. The molecule has 0 bridgehead atoms. The van der Waals surface area contributed by atoms with Gasteiger partial charge in [0.25, 0.3) is 5.91 Å². The smallest absolute Gasteiger partial charge is 0.254 e. The maximum atomic E-state index is 15.1. The first-order chi connectivity index (χ1) is 18.9. The lowest BCUT2D eigenvalue weighted by molar-refractivity contribution is -0.119. The van der Waals surface area contributed by atoms with Gasteiger partial charge < -0.3 is 24.4 Å². The fraction of sp³-hybridized carbons (Fsp3) is 0.161. The second kappa shape index (κ2) is 10.9. The third-order valence-electron chi connectivity index (χ3n) is 6.78. The summed E-state index contributed by atoms with van der Waals surface area (Å²) >= 11 is 0. The molecule has 2 atom stereocenters. The van der Waals surface area contributed by atoms with Crippen LogP contribution in [0.1, 0.15) is 33.4 Å². The molecule has 7 nitrogen and oxygen atoms in total. The molecule has 0 saturated carbocycles. The minimum atomic E-state index is -0.945. The molecule has 0 radical (unpaired) electrons. The summed E-state index contributed by atoms with van der Waals surface area (Å²) in [7, 11) is 4.51. The molecule has 0 spiro atoms. The monoisotopic (exact) mass is 526 g/mol. The van der Waals surface area contributed by atoms with Crippen LogP contribution in [0.4, 0.5) is 10.1 Å². The summed E-state index contributed by atoms with van der Waals surface area (Å²) in [6, 6.07) is 24.7. The van der Waals surface area contributed by atoms with Gasteiger partial charge >= 0.3 is 0 Å². The molecule has 8 heteroatoms. The minimum Gasteiger partial charge on any atom is -0.493 e. The van der Waals surface area contributed by atoms with Gasteiger partial charge in [-0.2, -0.15) is 0 Å². The molecule has 39 heavy (non-hydrogen) atoms. The summed E-state index contributed by atoms with van der Waals surface area (Å²) in [5.74, 6) is -0.201. The largest absolute Gasteiger partial charge is 0.493 e. The van der Waals surface area contributed by atoms with E-state index in [0.717, 1.165) is 0 Å². The number of benzene rings is 4. The number of nitrogens with zero attached hydrogens (tertiary/aromatic N) is 1. The predicted molar refractivity (Wildman–Crippen MR) is 145 cm³/mol. The van der Waals surface area contributed by atoms with E-state index in [1.165, 1.54) is 25.2 Å². The SMILES string of the molecule is COc1cc2c(cc1OC)[C@@H](C(=O)Nc1ccc(Oc3ccccc3)cc1)[C@@H](c1ccccc1F)N(C)C2=O. The van der Waals surface area contributed by atoms with Crippen LogP contribution in [0.2, 0.25) is 0 Å². The summed E-state index contributed by atoms with van der Waals surface area (Å²) in [6.45, 7) is 0. The van der Waals surface area contributed by atoms with Crippen molar-refractivity contribution in [3.05, 3.63) is 114 Å². The van der Waals surface area contributed by atoms with Crippen molar-refractivity contribution in [2.75, 3.05) is 26.6 Å². The Balaban J connectivity index is 1.53. The first-order valence-corrected chi connectivity index (χ1v) is 12.3. The van der Waals surface area contributed by atoms with Crippen LogP contribution in [0.5, 0.6) is 23.0 Å². The predicted octanol–water partition coefficient (Wildman–Crippen LogP) is 6.18. The van der Waals surface area contributed by atoms with E-state index in [4.69, 9.17) is 14.2 Å². The van der Waals surface area contributed by atoms with Gasteiger partial charge in [-0.15, -0.1) is 0 Å². The van der Waals surface area contributed by atoms with Gasteiger partial charge in [0.1, 0.15) is 17.3 Å². The first-order valence-electron chi connectivity index (χ1n) is 12.3.